The lowest BCUT2D eigenvalue weighted by molar-refractivity contribution is 0.0235. The van der Waals surface area contributed by atoms with Crippen LogP contribution in [-0.4, -0.2) is 32.1 Å². The van der Waals surface area contributed by atoms with E-state index in [-0.39, 0.29) is 29.9 Å². The minimum atomic E-state index is -0.315. The highest BCUT2D eigenvalue weighted by molar-refractivity contribution is 5.95. The first-order valence-corrected chi connectivity index (χ1v) is 8.94. The van der Waals surface area contributed by atoms with Crippen LogP contribution in [0.5, 0.6) is 0 Å². The van der Waals surface area contributed by atoms with Crippen molar-refractivity contribution < 1.29 is 9.90 Å². The Kier molecular flexibility index (Phi) is 4.45. The monoisotopic (exact) mass is 363 g/mol. The van der Waals surface area contributed by atoms with E-state index in [1.54, 1.807) is 13.1 Å². The van der Waals surface area contributed by atoms with E-state index in [0.29, 0.717) is 24.1 Å². The molecule has 4 N–H and O–H groups in total. The van der Waals surface area contributed by atoms with Gasteiger partial charge >= 0.3 is 0 Å². The second-order valence-corrected chi connectivity index (χ2v) is 7.03. The van der Waals surface area contributed by atoms with Crippen LogP contribution < -0.4 is 11.1 Å². The number of hydrogen-bond donors (Lipinski definition) is 3. The number of benzene rings is 1. The molecule has 0 unspecified atom stereocenters. The molecule has 1 amide bonds. The predicted octanol–water partition coefficient (Wildman–Crippen LogP) is 2.16. The number of carbonyl (C=O) groups excluding carboxylic acids is 1. The van der Waals surface area contributed by atoms with Gasteiger partial charge in [-0.05, 0) is 43.4 Å². The molecule has 27 heavy (non-hydrogen) atoms. The number of amides is 1. The van der Waals surface area contributed by atoms with E-state index in [1.165, 1.54) is 6.20 Å². The van der Waals surface area contributed by atoms with Crippen LogP contribution in [0.1, 0.15) is 40.5 Å². The molecule has 1 aliphatic rings. The molecule has 0 saturated heterocycles. The number of pyridine rings is 1. The zero-order valence-electron chi connectivity index (χ0n) is 15.0. The van der Waals surface area contributed by atoms with Crippen LogP contribution in [0.25, 0.3) is 10.9 Å². The largest absolute Gasteiger partial charge is 0.393 e. The molecule has 0 bridgehead atoms. The molecule has 0 aliphatic heterocycles. The fourth-order valence-electron chi connectivity index (χ4n) is 3.56. The first kappa shape index (κ1) is 17.4. The summed E-state index contributed by atoms with van der Waals surface area (Å²) in [5.41, 5.74) is 8.33. The number of fused-ring (bicyclic) bond motifs is 1. The number of nitrogens with two attached hydrogens (primary N) is 1. The van der Waals surface area contributed by atoms with Crippen molar-refractivity contribution in [1.29, 1.82) is 0 Å². The van der Waals surface area contributed by atoms with Crippen LogP contribution in [0.4, 0.5) is 5.95 Å². The number of para-hydroxylation sites is 1. The van der Waals surface area contributed by atoms with Gasteiger partial charge in [-0.1, -0.05) is 18.2 Å². The first-order valence-electron chi connectivity index (χ1n) is 8.94. The van der Waals surface area contributed by atoms with Crippen molar-refractivity contribution in [2.45, 2.75) is 31.9 Å². The molecule has 1 aromatic carbocycles. The number of aliphatic hydroxyl groups is 1. The number of nitrogen functional groups attached to an aromatic ring is 1. The molecule has 1 saturated carbocycles. The molecular formula is C20H21N5O2. The van der Waals surface area contributed by atoms with Crippen LogP contribution in [0.3, 0.4) is 0 Å². The zero-order valence-corrected chi connectivity index (χ0v) is 15.0. The number of nitrogens with zero attached hydrogens (tertiary/aromatic N) is 3. The Labute approximate surface area is 156 Å². The number of nitrogens with one attached hydrogen (secondary N) is 1. The molecule has 2 aromatic heterocycles. The minimum absolute atomic E-state index is 0.140. The first-order chi connectivity index (χ1) is 13.0. The molecule has 1 fully saturated rings. The Bertz CT molecular complexity index is 1000. The van der Waals surface area contributed by atoms with Crippen LogP contribution in [-0.2, 0) is 0 Å². The maximum atomic E-state index is 12.8. The van der Waals surface area contributed by atoms with Gasteiger partial charge in [0.15, 0.2) is 0 Å². The van der Waals surface area contributed by atoms with Crippen molar-refractivity contribution in [3.8, 4) is 0 Å². The molecular weight excluding hydrogens is 342 g/mol. The lowest BCUT2D eigenvalue weighted by Gasteiger charge is -2.38. The summed E-state index contributed by atoms with van der Waals surface area (Å²) < 4.78 is 0. The summed E-state index contributed by atoms with van der Waals surface area (Å²) in [5.74, 6) is 0.0374. The molecule has 0 spiro atoms. The number of carbonyl (C=O) groups is 1. The maximum absolute atomic E-state index is 12.8. The topological polar surface area (TPSA) is 114 Å². The van der Waals surface area contributed by atoms with Crippen molar-refractivity contribution in [3.05, 3.63) is 59.5 Å². The molecule has 3 aromatic rings. The van der Waals surface area contributed by atoms with E-state index >= 15 is 0 Å². The van der Waals surface area contributed by atoms with Crippen molar-refractivity contribution >= 4 is 22.8 Å². The molecule has 138 valence electrons. The summed E-state index contributed by atoms with van der Waals surface area (Å²) in [7, 11) is 0. The quantitative estimate of drug-likeness (QED) is 0.654. The SMILES string of the molecule is Cc1nc(N)ncc1C(=O)N[C@@H](c1cnc2ccccc2c1)C1CC(O)C1. The Morgan fingerprint density at radius 3 is 2.78 bits per heavy atom. The molecule has 7 nitrogen and oxygen atoms in total. The highest BCUT2D eigenvalue weighted by atomic mass is 16.3. The Morgan fingerprint density at radius 2 is 2.04 bits per heavy atom. The van der Waals surface area contributed by atoms with Gasteiger partial charge in [0.1, 0.15) is 0 Å². The number of aromatic nitrogens is 3. The van der Waals surface area contributed by atoms with Gasteiger partial charge in [-0.15, -0.1) is 0 Å². The van der Waals surface area contributed by atoms with E-state index in [9.17, 15) is 9.90 Å². The van der Waals surface area contributed by atoms with Gasteiger partial charge in [-0.3, -0.25) is 9.78 Å². The standard InChI is InChI=1S/C20H21N5O2/c1-11-16(10-23-20(21)24-11)19(27)25-18(13-7-15(26)8-13)14-6-12-4-2-3-5-17(12)22-9-14/h2-6,9-10,13,15,18,26H,7-8H2,1H3,(H,25,27)(H2,21,23,24)/t13?,15?,18-/m1/s1. The van der Waals surface area contributed by atoms with Crippen molar-refractivity contribution in [1.82, 2.24) is 20.3 Å². The van der Waals surface area contributed by atoms with Crippen LogP contribution in [0.2, 0.25) is 0 Å². The van der Waals surface area contributed by atoms with Crippen LogP contribution in [0, 0.1) is 12.8 Å². The average Bonchev–Trinajstić information content (AvgIpc) is 2.63. The number of aliphatic hydroxyl groups excluding tert-OH is 1. The van der Waals surface area contributed by atoms with E-state index in [2.05, 4.69) is 20.3 Å². The lowest BCUT2D eigenvalue weighted by atomic mass is 9.75. The lowest BCUT2D eigenvalue weighted by Crippen LogP contribution is -2.41. The summed E-state index contributed by atoms with van der Waals surface area (Å²) in [6.45, 7) is 1.73. The average molecular weight is 363 g/mol. The molecule has 1 atom stereocenters. The predicted molar refractivity (Wildman–Crippen MR) is 102 cm³/mol. The maximum Gasteiger partial charge on any atom is 0.255 e. The second-order valence-electron chi connectivity index (χ2n) is 7.03. The smallest absolute Gasteiger partial charge is 0.255 e. The van der Waals surface area contributed by atoms with Crippen molar-refractivity contribution in [2.75, 3.05) is 5.73 Å². The van der Waals surface area contributed by atoms with Gasteiger partial charge in [-0.2, -0.15) is 0 Å². The zero-order chi connectivity index (χ0) is 19.0. The van der Waals surface area contributed by atoms with Gasteiger partial charge in [-0.25, -0.2) is 9.97 Å². The summed E-state index contributed by atoms with van der Waals surface area (Å²) in [6.07, 6.45) is 4.22. The third kappa shape index (κ3) is 3.46. The summed E-state index contributed by atoms with van der Waals surface area (Å²) in [5, 5.41) is 13.9. The van der Waals surface area contributed by atoms with E-state index in [4.69, 9.17) is 5.73 Å². The van der Waals surface area contributed by atoms with Crippen LogP contribution in [0.15, 0.2) is 42.7 Å². The summed E-state index contributed by atoms with van der Waals surface area (Å²) >= 11 is 0. The minimum Gasteiger partial charge on any atom is -0.393 e. The third-order valence-electron chi connectivity index (χ3n) is 5.12. The van der Waals surface area contributed by atoms with Gasteiger partial charge in [0.05, 0.1) is 28.9 Å². The highest BCUT2D eigenvalue weighted by Crippen LogP contribution is 2.38. The van der Waals surface area contributed by atoms with Crippen molar-refractivity contribution in [3.63, 3.8) is 0 Å². The number of hydrogen-bond acceptors (Lipinski definition) is 6. The molecule has 2 heterocycles. The molecule has 4 rings (SSSR count). The fourth-order valence-corrected chi connectivity index (χ4v) is 3.56. The van der Waals surface area contributed by atoms with E-state index < -0.39 is 0 Å². The second kappa shape index (κ2) is 6.92. The van der Waals surface area contributed by atoms with Gasteiger partial charge < -0.3 is 16.2 Å². The van der Waals surface area contributed by atoms with Gasteiger partial charge in [0.25, 0.3) is 5.91 Å². The summed E-state index contributed by atoms with van der Waals surface area (Å²) in [4.78, 5) is 25.3. The van der Waals surface area contributed by atoms with E-state index in [0.717, 1.165) is 16.5 Å². The fraction of sp³-hybridized carbons (Fsp3) is 0.300. The van der Waals surface area contributed by atoms with E-state index in [1.807, 2.05) is 30.3 Å². The molecule has 0 radical (unpaired) electrons. The number of anilines is 1. The molecule has 1 aliphatic carbocycles. The third-order valence-corrected chi connectivity index (χ3v) is 5.12. The Hall–Kier alpha value is -3.06. The Morgan fingerprint density at radius 1 is 1.26 bits per heavy atom. The van der Waals surface area contributed by atoms with Crippen molar-refractivity contribution in [2.24, 2.45) is 5.92 Å². The molecule has 7 heteroatoms. The highest BCUT2D eigenvalue weighted by Gasteiger charge is 2.36. The van der Waals surface area contributed by atoms with Gasteiger partial charge in [0.2, 0.25) is 5.95 Å². The Balaban J connectivity index is 1.65. The number of aryl methyl sites for hydroxylation is 1. The van der Waals surface area contributed by atoms with Crippen LogP contribution >= 0.6 is 0 Å². The van der Waals surface area contributed by atoms with Gasteiger partial charge in [0, 0.05) is 17.8 Å². The number of rotatable bonds is 4. The normalized spacial score (nSPS) is 20.1. The summed E-state index contributed by atoms with van der Waals surface area (Å²) in [6, 6.07) is 9.66.